The normalized spacial score (nSPS) is 12.0. The Labute approximate surface area is 124 Å². The number of aromatic hydroxyl groups is 1. The van der Waals surface area contributed by atoms with Crippen LogP contribution in [-0.2, 0) is 0 Å². The predicted molar refractivity (Wildman–Crippen MR) is 84.2 cm³/mol. The van der Waals surface area contributed by atoms with Crippen LogP contribution in [0.5, 0.6) is 5.75 Å². The molecular weight excluding hydrogens is 264 g/mol. The van der Waals surface area contributed by atoms with Gasteiger partial charge in [0.05, 0.1) is 11.7 Å². The van der Waals surface area contributed by atoms with Gasteiger partial charge in [0.2, 0.25) is 0 Å². The van der Waals surface area contributed by atoms with Gasteiger partial charge in [-0.15, -0.1) is 0 Å². The van der Waals surface area contributed by atoms with Crippen molar-refractivity contribution < 1.29 is 9.90 Å². The molecule has 0 bridgehead atoms. The summed E-state index contributed by atoms with van der Waals surface area (Å²) in [5.41, 5.74) is 8.49. The molecule has 0 spiro atoms. The molecular formula is C17H20N2O2. The summed E-state index contributed by atoms with van der Waals surface area (Å²) < 4.78 is 0. The van der Waals surface area contributed by atoms with Gasteiger partial charge >= 0.3 is 0 Å². The lowest BCUT2D eigenvalue weighted by Crippen LogP contribution is -2.29. The monoisotopic (exact) mass is 284 g/mol. The van der Waals surface area contributed by atoms with Gasteiger partial charge in [0, 0.05) is 12.6 Å². The SMILES string of the molecule is Cc1ccc(C(C)N(C)C(=O)c2ccc(N)c(O)c2)cc1. The van der Waals surface area contributed by atoms with Crippen molar-refractivity contribution in [3.05, 3.63) is 59.2 Å². The number of phenols is 1. The lowest BCUT2D eigenvalue weighted by Gasteiger charge is -2.25. The van der Waals surface area contributed by atoms with Crippen molar-refractivity contribution in [3.8, 4) is 5.75 Å². The Bertz CT molecular complexity index is 650. The molecule has 1 atom stereocenters. The lowest BCUT2D eigenvalue weighted by atomic mass is 10.0. The molecule has 21 heavy (non-hydrogen) atoms. The number of nitrogen functional groups attached to an aromatic ring is 1. The summed E-state index contributed by atoms with van der Waals surface area (Å²) >= 11 is 0. The molecule has 3 N–H and O–H groups in total. The summed E-state index contributed by atoms with van der Waals surface area (Å²) in [4.78, 5) is 14.1. The van der Waals surface area contributed by atoms with Crippen LogP contribution in [0.15, 0.2) is 42.5 Å². The highest BCUT2D eigenvalue weighted by molar-refractivity contribution is 5.95. The summed E-state index contributed by atoms with van der Waals surface area (Å²) in [5.74, 6) is -0.226. The number of anilines is 1. The Morgan fingerprint density at radius 2 is 1.81 bits per heavy atom. The summed E-state index contributed by atoms with van der Waals surface area (Å²) in [7, 11) is 1.75. The highest BCUT2D eigenvalue weighted by Gasteiger charge is 2.19. The van der Waals surface area contributed by atoms with Crippen LogP contribution in [0.3, 0.4) is 0 Å². The van der Waals surface area contributed by atoms with E-state index in [0.29, 0.717) is 5.56 Å². The van der Waals surface area contributed by atoms with Gasteiger partial charge in [0.1, 0.15) is 5.75 Å². The Morgan fingerprint density at radius 1 is 1.19 bits per heavy atom. The summed E-state index contributed by atoms with van der Waals surface area (Å²) in [6.07, 6.45) is 0. The molecule has 0 heterocycles. The number of rotatable bonds is 3. The fourth-order valence-corrected chi connectivity index (χ4v) is 2.12. The van der Waals surface area contributed by atoms with Gasteiger partial charge in [-0.2, -0.15) is 0 Å². The Balaban J connectivity index is 2.21. The second-order valence-corrected chi connectivity index (χ2v) is 5.28. The van der Waals surface area contributed by atoms with Crippen LogP contribution in [0.4, 0.5) is 5.69 Å². The molecule has 1 amide bonds. The third kappa shape index (κ3) is 3.16. The highest BCUT2D eigenvalue weighted by Crippen LogP contribution is 2.25. The summed E-state index contributed by atoms with van der Waals surface area (Å²) in [6.45, 7) is 4.00. The molecule has 0 saturated heterocycles. The van der Waals surface area contributed by atoms with E-state index in [-0.39, 0.29) is 23.4 Å². The minimum Gasteiger partial charge on any atom is -0.506 e. The molecule has 0 aliphatic carbocycles. The molecule has 2 rings (SSSR count). The Morgan fingerprint density at radius 3 is 2.38 bits per heavy atom. The Kier molecular flexibility index (Phi) is 4.17. The topological polar surface area (TPSA) is 66.6 Å². The van der Waals surface area contributed by atoms with Crippen molar-refractivity contribution in [2.75, 3.05) is 12.8 Å². The first-order chi connectivity index (χ1) is 9.90. The number of hydrogen-bond donors (Lipinski definition) is 2. The molecule has 4 heteroatoms. The molecule has 0 radical (unpaired) electrons. The maximum absolute atomic E-state index is 12.5. The van der Waals surface area contributed by atoms with Gasteiger partial charge in [0.15, 0.2) is 0 Å². The average molecular weight is 284 g/mol. The van der Waals surface area contributed by atoms with Crippen molar-refractivity contribution >= 4 is 11.6 Å². The van der Waals surface area contributed by atoms with Crippen molar-refractivity contribution in [2.24, 2.45) is 0 Å². The highest BCUT2D eigenvalue weighted by atomic mass is 16.3. The number of phenolic OH excluding ortho intramolecular Hbond substituents is 1. The zero-order chi connectivity index (χ0) is 15.6. The van der Waals surface area contributed by atoms with E-state index in [4.69, 9.17) is 5.73 Å². The van der Waals surface area contributed by atoms with Crippen LogP contribution in [-0.4, -0.2) is 23.0 Å². The van der Waals surface area contributed by atoms with Crippen LogP contribution >= 0.6 is 0 Å². The lowest BCUT2D eigenvalue weighted by molar-refractivity contribution is 0.0742. The quantitative estimate of drug-likeness (QED) is 0.672. The third-order valence-electron chi connectivity index (χ3n) is 3.74. The number of hydrogen-bond acceptors (Lipinski definition) is 3. The molecule has 2 aromatic carbocycles. The predicted octanol–water partition coefficient (Wildman–Crippen LogP) is 3.12. The molecule has 0 saturated carbocycles. The second-order valence-electron chi connectivity index (χ2n) is 5.28. The first kappa shape index (κ1) is 14.9. The number of aryl methyl sites for hydroxylation is 1. The van der Waals surface area contributed by atoms with Gasteiger partial charge < -0.3 is 15.7 Å². The summed E-state index contributed by atoms with van der Waals surface area (Å²) in [6, 6.07) is 12.6. The van der Waals surface area contributed by atoms with Crippen LogP contribution in [0.1, 0.15) is 34.5 Å². The smallest absolute Gasteiger partial charge is 0.254 e. The molecule has 0 fully saturated rings. The van der Waals surface area contributed by atoms with E-state index in [1.54, 1.807) is 18.0 Å². The zero-order valence-corrected chi connectivity index (χ0v) is 12.5. The number of carbonyl (C=O) groups excluding carboxylic acids is 1. The number of amides is 1. The van der Waals surface area contributed by atoms with Gasteiger partial charge in [-0.05, 0) is 37.6 Å². The second kappa shape index (κ2) is 5.87. The number of carbonyl (C=O) groups is 1. The standard InChI is InChI=1S/C17H20N2O2/c1-11-4-6-13(7-5-11)12(2)19(3)17(21)14-8-9-15(18)16(20)10-14/h4-10,12,20H,18H2,1-3H3. The minimum absolute atomic E-state index is 0.0576. The number of benzene rings is 2. The molecule has 0 aliphatic rings. The largest absolute Gasteiger partial charge is 0.506 e. The number of nitrogens with two attached hydrogens (primary N) is 1. The van der Waals surface area contributed by atoms with Crippen molar-refractivity contribution in [2.45, 2.75) is 19.9 Å². The van der Waals surface area contributed by atoms with E-state index < -0.39 is 0 Å². The zero-order valence-electron chi connectivity index (χ0n) is 12.5. The number of nitrogens with zero attached hydrogens (tertiary/aromatic N) is 1. The van der Waals surface area contributed by atoms with Crippen molar-refractivity contribution in [1.29, 1.82) is 0 Å². The van der Waals surface area contributed by atoms with Crippen LogP contribution in [0.25, 0.3) is 0 Å². The third-order valence-corrected chi connectivity index (χ3v) is 3.74. The molecule has 1 unspecified atom stereocenters. The fourth-order valence-electron chi connectivity index (χ4n) is 2.12. The minimum atomic E-state index is -0.154. The van der Waals surface area contributed by atoms with E-state index in [1.807, 2.05) is 38.1 Å². The van der Waals surface area contributed by atoms with E-state index in [2.05, 4.69) is 0 Å². The van der Waals surface area contributed by atoms with Crippen molar-refractivity contribution in [1.82, 2.24) is 4.90 Å². The van der Waals surface area contributed by atoms with Gasteiger partial charge in [-0.3, -0.25) is 4.79 Å². The fraction of sp³-hybridized carbons (Fsp3) is 0.235. The Hall–Kier alpha value is -2.49. The summed E-state index contributed by atoms with van der Waals surface area (Å²) in [5, 5.41) is 9.62. The molecule has 110 valence electrons. The molecule has 0 aromatic heterocycles. The maximum Gasteiger partial charge on any atom is 0.254 e. The molecule has 0 aliphatic heterocycles. The van der Waals surface area contributed by atoms with Gasteiger partial charge in [0.25, 0.3) is 5.91 Å². The van der Waals surface area contributed by atoms with E-state index in [9.17, 15) is 9.90 Å². The van der Waals surface area contributed by atoms with Gasteiger partial charge in [-0.25, -0.2) is 0 Å². The van der Waals surface area contributed by atoms with E-state index in [1.165, 1.54) is 17.7 Å². The maximum atomic E-state index is 12.5. The first-order valence-electron chi connectivity index (χ1n) is 6.82. The van der Waals surface area contributed by atoms with Crippen LogP contribution in [0, 0.1) is 6.92 Å². The van der Waals surface area contributed by atoms with E-state index in [0.717, 1.165) is 5.56 Å². The van der Waals surface area contributed by atoms with E-state index >= 15 is 0 Å². The molecule has 4 nitrogen and oxygen atoms in total. The van der Waals surface area contributed by atoms with Crippen LogP contribution in [0.2, 0.25) is 0 Å². The van der Waals surface area contributed by atoms with Crippen LogP contribution < -0.4 is 5.73 Å². The first-order valence-corrected chi connectivity index (χ1v) is 6.82. The van der Waals surface area contributed by atoms with Gasteiger partial charge in [-0.1, -0.05) is 29.8 Å². The van der Waals surface area contributed by atoms with Crippen molar-refractivity contribution in [3.63, 3.8) is 0 Å². The average Bonchev–Trinajstić information content (AvgIpc) is 2.48. The molecule has 2 aromatic rings.